The Labute approximate surface area is 302 Å². The minimum atomic E-state index is -4.31. The van der Waals surface area contributed by atoms with Gasteiger partial charge in [-0.15, -0.1) is 0 Å². The third-order valence-electron chi connectivity index (χ3n) is 9.71. The number of carbonyl (C=O) groups is 7. The monoisotopic (exact) mass is 848 g/mol. The molecule has 2 unspecified atom stereocenters. The summed E-state index contributed by atoms with van der Waals surface area (Å²) in [5, 5.41) is 96.0. The third-order valence-corrected chi connectivity index (χ3v) is 11.5. The molecule has 0 radical (unpaired) electrons. The lowest BCUT2D eigenvalue weighted by Crippen LogP contribution is -2.95. The van der Waals surface area contributed by atoms with Gasteiger partial charge in [-0.2, -0.15) is 0 Å². The van der Waals surface area contributed by atoms with Crippen molar-refractivity contribution in [1.82, 2.24) is 0 Å². The third kappa shape index (κ3) is 5.84. The van der Waals surface area contributed by atoms with Gasteiger partial charge in [0.2, 0.25) is 5.60 Å². The van der Waals surface area contributed by atoms with E-state index in [-0.39, 0.29) is 10.7 Å². The van der Waals surface area contributed by atoms with E-state index >= 15 is 0 Å². The molecule has 20 heteroatoms. The summed E-state index contributed by atoms with van der Waals surface area (Å²) in [7, 11) is 0. The highest BCUT2D eigenvalue weighted by atomic mass is 79.9. The van der Waals surface area contributed by atoms with Crippen LogP contribution in [0.25, 0.3) is 0 Å². The normalized spacial score (nSPS) is 40.1. The lowest BCUT2D eigenvalue weighted by molar-refractivity contribution is -0.427. The lowest BCUT2D eigenvalue weighted by atomic mass is 9.51. The molecule has 0 aromatic rings. The molecule has 2 aliphatic heterocycles. The van der Waals surface area contributed by atoms with Crippen molar-refractivity contribution in [3.63, 3.8) is 0 Å². The zero-order chi connectivity index (χ0) is 39.3. The van der Waals surface area contributed by atoms with Crippen LogP contribution < -0.4 is 0 Å². The number of halogens is 2. The van der Waals surface area contributed by atoms with Crippen molar-refractivity contribution in [3.05, 3.63) is 0 Å². The highest BCUT2D eigenvalue weighted by Crippen LogP contribution is 2.57. The zero-order valence-electron chi connectivity index (χ0n) is 28.1. The van der Waals surface area contributed by atoms with Crippen molar-refractivity contribution in [1.29, 1.82) is 0 Å². The highest BCUT2D eigenvalue weighted by Gasteiger charge is 2.88. The second-order valence-electron chi connectivity index (χ2n) is 12.8. The minimum absolute atomic E-state index is 0.216. The van der Waals surface area contributed by atoms with Crippen LogP contribution in [0.2, 0.25) is 0 Å². The van der Waals surface area contributed by atoms with Gasteiger partial charge < -0.3 is 55.1 Å². The molecule has 2 aliphatic rings. The van der Waals surface area contributed by atoms with Crippen molar-refractivity contribution < 1.29 is 88.6 Å². The van der Waals surface area contributed by atoms with Crippen LogP contribution in [0.4, 0.5) is 0 Å². The van der Waals surface area contributed by atoms with Gasteiger partial charge >= 0.3 is 0 Å². The maximum Gasteiger partial charge on any atom is 0.212 e. The van der Waals surface area contributed by atoms with Crippen LogP contribution in [0.3, 0.4) is 0 Å². The highest BCUT2D eigenvalue weighted by molar-refractivity contribution is 9.09. The van der Waals surface area contributed by atoms with Crippen molar-refractivity contribution >= 4 is 72.3 Å². The molecule has 2 fully saturated rings. The molecule has 0 bridgehead atoms. The smallest absolute Gasteiger partial charge is 0.212 e. The van der Waals surface area contributed by atoms with Crippen LogP contribution in [0.5, 0.6) is 0 Å². The molecular weight excluding hydrogens is 808 g/mol. The summed E-state index contributed by atoms with van der Waals surface area (Å²) in [4.78, 5) is 92.3. The van der Waals surface area contributed by atoms with E-state index in [0.717, 1.165) is 0 Å². The molecule has 50 heavy (non-hydrogen) atoms. The number of ether oxygens (including phenoxy) is 3. The quantitative estimate of drug-likeness (QED) is 0.0731. The second kappa shape index (κ2) is 14.9. The number of hydrogen-bond acceptors (Lipinski definition) is 18. The maximum atomic E-state index is 13.7. The molecule has 2 rings (SSSR count). The Hall–Kier alpha value is -1.79. The SMILES string of the molecule is CC(=O)C(O)[C@H]1O[C@H](OCC(CBr)CBr)[C@@](O)(C(C)=O)[C@](O)(C(C)=O)[C@]1(O)[C@@H]1O[C@H](C(O)C(C)=O)[C@@](O)(C(C)=O)[C@@](O)(C(C)=O)[C@]1(O)C(C)=O. The predicted octanol–water partition coefficient (Wildman–Crippen LogP) is -3.87. The Morgan fingerprint density at radius 2 is 1.00 bits per heavy atom. The first-order valence-corrected chi connectivity index (χ1v) is 17.2. The fraction of sp³-hybridized carbons (Fsp3) is 0.767. The van der Waals surface area contributed by atoms with Crippen molar-refractivity contribution in [2.45, 2.75) is 119 Å². The molecule has 8 N–H and O–H groups in total. The van der Waals surface area contributed by atoms with E-state index < -0.39 is 123 Å². The molecule has 0 aromatic heterocycles. The van der Waals surface area contributed by atoms with Crippen molar-refractivity contribution in [2.24, 2.45) is 5.92 Å². The number of carbonyl (C=O) groups excluding carboxylic acids is 7. The number of ketones is 7. The van der Waals surface area contributed by atoms with E-state index in [1.165, 1.54) is 0 Å². The summed E-state index contributed by atoms with van der Waals surface area (Å²) in [5.41, 5.74) is -25.0. The number of alkyl halides is 2. The number of hydrogen-bond donors (Lipinski definition) is 8. The maximum absolute atomic E-state index is 13.7. The number of rotatable bonds is 15. The Morgan fingerprint density at radius 1 is 0.600 bits per heavy atom. The Kier molecular flexibility index (Phi) is 13.2. The molecule has 2 heterocycles. The molecule has 0 saturated carbocycles. The summed E-state index contributed by atoms with van der Waals surface area (Å²) in [6.07, 6.45) is -17.5. The van der Waals surface area contributed by atoms with Gasteiger partial charge in [0.15, 0.2) is 74.8 Å². The van der Waals surface area contributed by atoms with Crippen LogP contribution >= 0.6 is 31.9 Å². The number of aliphatic hydroxyl groups excluding tert-OH is 2. The van der Waals surface area contributed by atoms with Gasteiger partial charge in [-0.3, -0.25) is 33.6 Å². The fourth-order valence-electron chi connectivity index (χ4n) is 6.77. The van der Waals surface area contributed by atoms with E-state index in [1.807, 2.05) is 0 Å². The molecule has 18 nitrogen and oxygen atoms in total. The molecule has 284 valence electrons. The fourth-order valence-corrected chi connectivity index (χ4v) is 8.21. The summed E-state index contributed by atoms with van der Waals surface area (Å²) >= 11 is 6.40. The molecule has 0 aromatic carbocycles. The van der Waals surface area contributed by atoms with Crippen LogP contribution in [0, 0.1) is 5.92 Å². The van der Waals surface area contributed by atoms with Gasteiger partial charge in [0.05, 0.1) is 6.61 Å². The summed E-state index contributed by atoms with van der Waals surface area (Å²) in [6.45, 7) is 3.26. The average Bonchev–Trinajstić information content (AvgIpc) is 3.02. The van der Waals surface area contributed by atoms with Crippen molar-refractivity contribution in [3.8, 4) is 0 Å². The predicted molar refractivity (Wildman–Crippen MR) is 171 cm³/mol. The second-order valence-corrected chi connectivity index (χ2v) is 14.1. The van der Waals surface area contributed by atoms with Gasteiger partial charge in [0, 0.05) is 16.6 Å². The zero-order valence-corrected chi connectivity index (χ0v) is 31.3. The molecule has 0 amide bonds. The van der Waals surface area contributed by atoms with E-state index in [4.69, 9.17) is 14.2 Å². The van der Waals surface area contributed by atoms with Crippen LogP contribution in [0.15, 0.2) is 0 Å². The largest absolute Gasteiger partial charge is 0.382 e. The van der Waals surface area contributed by atoms with E-state index in [0.29, 0.717) is 48.5 Å². The number of aliphatic hydroxyl groups is 8. The lowest BCUT2D eigenvalue weighted by Gasteiger charge is -2.66. The summed E-state index contributed by atoms with van der Waals surface area (Å²) in [6, 6.07) is 0. The first-order valence-electron chi connectivity index (χ1n) is 15.0. The molecule has 0 aliphatic carbocycles. The minimum Gasteiger partial charge on any atom is -0.382 e. The topological polar surface area (TPSA) is 309 Å². The van der Waals surface area contributed by atoms with Gasteiger partial charge in [0.1, 0.15) is 30.5 Å². The molecule has 0 spiro atoms. The van der Waals surface area contributed by atoms with Gasteiger partial charge in [-0.1, -0.05) is 31.9 Å². The average molecular weight is 850 g/mol. The van der Waals surface area contributed by atoms with Gasteiger partial charge in [0.25, 0.3) is 0 Å². The van der Waals surface area contributed by atoms with Crippen molar-refractivity contribution in [2.75, 3.05) is 17.3 Å². The molecule has 2 saturated heterocycles. The number of Topliss-reactive ketones (excluding diaryl/α,β-unsaturated/α-hetero) is 7. The van der Waals surface area contributed by atoms with Gasteiger partial charge in [-0.25, -0.2) is 0 Å². The van der Waals surface area contributed by atoms with E-state index in [2.05, 4.69) is 31.9 Å². The van der Waals surface area contributed by atoms with Crippen LogP contribution in [-0.2, 0) is 47.8 Å². The van der Waals surface area contributed by atoms with Gasteiger partial charge in [-0.05, 0) is 48.5 Å². The molecule has 12 atom stereocenters. The summed E-state index contributed by atoms with van der Waals surface area (Å²) in [5.74, 6) is -12.1. The Balaban J connectivity index is 3.35. The molecular formula is C30H42Br2O18. The van der Waals surface area contributed by atoms with Crippen LogP contribution in [-0.4, -0.2) is 169 Å². The summed E-state index contributed by atoms with van der Waals surface area (Å²) < 4.78 is 16.7. The van der Waals surface area contributed by atoms with E-state index in [9.17, 15) is 74.4 Å². The first kappa shape index (κ1) is 44.4. The first-order chi connectivity index (χ1) is 22.6. The Bertz CT molecular complexity index is 1440. The van der Waals surface area contributed by atoms with E-state index in [1.54, 1.807) is 0 Å². The van der Waals surface area contributed by atoms with Crippen LogP contribution in [0.1, 0.15) is 48.5 Å². The Morgan fingerprint density at radius 3 is 1.34 bits per heavy atom. The standard InChI is InChI=1S/C30H42Br2O18/c1-11(33)19(40)21-25(42,13(3)35)29(46,16(6)38)26(43,14(4)36)23(49-21)28(45)22(20(41)12(2)34)50-24(48-10-18(8-31)9-32)27(44,15(5)37)30(28,47)17(7)39/h18-24,40-47H,8-10H2,1-7H3/t19?,20?,21-,22-,23-,24+,25+,26+,27+,28-,29+,30-/m1/s1.